The fourth-order valence-corrected chi connectivity index (χ4v) is 2.47. The molecule has 0 aliphatic heterocycles. The maximum absolute atomic E-state index is 10.1. The number of rotatable bonds is 4. The van der Waals surface area contributed by atoms with E-state index in [1.54, 1.807) is 33.9 Å². The average molecular weight is 392 g/mol. The van der Waals surface area contributed by atoms with Gasteiger partial charge in [0.15, 0.2) is 17.1 Å². The van der Waals surface area contributed by atoms with Gasteiger partial charge in [-0.2, -0.15) is 0 Å². The number of halogens is 1. The molecule has 0 fully saturated rings. The molecule has 0 atom stereocenters. The molecule has 0 saturated heterocycles. The van der Waals surface area contributed by atoms with Crippen LogP contribution in [0.15, 0.2) is 12.1 Å². The smallest absolute Gasteiger partial charge is 0.176 e. The van der Waals surface area contributed by atoms with E-state index in [0.717, 1.165) is 9.13 Å². The molecule has 3 nitrogen and oxygen atoms in total. The molecule has 1 aromatic rings. The highest BCUT2D eigenvalue weighted by atomic mass is 127. The molecule has 0 heterocycles. The van der Waals surface area contributed by atoms with E-state index in [9.17, 15) is 5.11 Å². The zero-order chi connectivity index (χ0) is 15.6. The lowest BCUT2D eigenvalue weighted by Gasteiger charge is -2.25. The molecule has 1 aromatic carbocycles. The van der Waals surface area contributed by atoms with Crippen LogP contribution in [-0.4, -0.2) is 17.8 Å². The summed E-state index contributed by atoms with van der Waals surface area (Å²) in [5.74, 6) is 7.12. The van der Waals surface area contributed by atoms with E-state index in [2.05, 4.69) is 34.4 Å². The predicted octanol–water partition coefficient (Wildman–Crippen LogP) is 4.20. The quantitative estimate of drug-likeness (QED) is 0.617. The summed E-state index contributed by atoms with van der Waals surface area (Å²) in [4.78, 5) is 0. The van der Waals surface area contributed by atoms with Crippen molar-refractivity contribution in [3.8, 4) is 23.3 Å². The highest BCUT2D eigenvalue weighted by molar-refractivity contribution is 14.1. The maximum Gasteiger partial charge on any atom is 0.176 e. The van der Waals surface area contributed by atoms with Crippen LogP contribution in [-0.2, 0) is 5.60 Å². The van der Waals surface area contributed by atoms with Crippen LogP contribution in [0.3, 0.4) is 0 Å². The van der Waals surface area contributed by atoms with Crippen LogP contribution in [0, 0.1) is 15.4 Å². The zero-order valence-corrected chi connectivity index (χ0v) is 15.0. The van der Waals surface area contributed by atoms with Crippen molar-refractivity contribution >= 4 is 22.6 Å². The van der Waals surface area contributed by atoms with E-state index in [-0.39, 0.29) is 2.85 Å². The monoisotopic (exact) mass is 392 g/mol. The molecule has 1 N–H and O–H groups in total. The van der Waals surface area contributed by atoms with Crippen molar-refractivity contribution in [2.75, 3.05) is 7.11 Å². The minimum Gasteiger partial charge on any atom is -0.493 e. The molecule has 0 saturated carbocycles. The van der Waals surface area contributed by atoms with Crippen molar-refractivity contribution in [2.24, 2.45) is 0 Å². The molecular formula is C16H25IO3. The van der Waals surface area contributed by atoms with Crippen molar-refractivity contribution in [3.05, 3.63) is 21.3 Å². The van der Waals surface area contributed by atoms with E-state index in [0.29, 0.717) is 11.5 Å². The SMILES string of the molecule is CC#CC(C)(C)Oc1c(I)cc(C(C)(C)O)cc1OC.[HH].[HH]. The molecule has 20 heavy (non-hydrogen) atoms. The Labute approximate surface area is 137 Å². The third kappa shape index (κ3) is 4.29. The lowest BCUT2D eigenvalue weighted by Crippen LogP contribution is -2.27. The molecule has 0 radical (unpaired) electrons. The van der Waals surface area contributed by atoms with Crippen LogP contribution >= 0.6 is 22.6 Å². The summed E-state index contributed by atoms with van der Waals surface area (Å²) < 4.78 is 12.3. The molecule has 1 rings (SSSR count). The summed E-state index contributed by atoms with van der Waals surface area (Å²) >= 11 is 2.18. The van der Waals surface area contributed by atoms with Gasteiger partial charge in [-0.15, -0.1) is 5.92 Å². The van der Waals surface area contributed by atoms with Crippen LogP contribution < -0.4 is 9.47 Å². The van der Waals surface area contributed by atoms with Gasteiger partial charge >= 0.3 is 0 Å². The summed E-state index contributed by atoms with van der Waals surface area (Å²) in [5.41, 5.74) is -0.742. The van der Waals surface area contributed by atoms with Crippen molar-refractivity contribution < 1.29 is 17.4 Å². The van der Waals surface area contributed by atoms with Crippen molar-refractivity contribution in [1.82, 2.24) is 0 Å². The van der Waals surface area contributed by atoms with Gasteiger partial charge in [0.05, 0.1) is 16.3 Å². The normalized spacial score (nSPS) is 11.6. The first kappa shape index (κ1) is 17.1. The van der Waals surface area contributed by atoms with Crippen molar-refractivity contribution in [2.45, 2.75) is 45.8 Å². The number of benzene rings is 1. The number of hydrogen-bond donors (Lipinski definition) is 1. The van der Waals surface area contributed by atoms with Crippen LogP contribution in [0.2, 0.25) is 0 Å². The van der Waals surface area contributed by atoms with Crippen LogP contribution in [0.25, 0.3) is 0 Å². The van der Waals surface area contributed by atoms with E-state index in [4.69, 9.17) is 9.47 Å². The van der Waals surface area contributed by atoms with E-state index >= 15 is 0 Å². The standard InChI is InChI=1S/C16H21IO3.2H2/c1-7-8-15(2,3)20-14-12(17)9-11(16(4,5)18)10-13(14)19-6;;/h9-10,18H,1-6H3;2*1H. The fraction of sp³-hybridized carbons (Fsp3) is 0.500. The lowest BCUT2D eigenvalue weighted by molar-refractivity contribution is 0.0779. The first-order chi connectivity index (χ1) is 9.10. The molecule has 114 valence electrons. The third-order valence-corrected chi connectivity index (χ3v) is 3.52. The lowest BCUT2D eigenvalue weighted by atomic mass is 9.98. The number of hydrogen-bond acceptors (Lipinski definition) is 3. The highest BCUT2D eigenvalue weighted by Gasteiger charge is 2.24. The van der Waals surface area contributed by atoms with Gasteiger partial charge < -0.3 is 14.6 Å². The van der Waals surface area contributed by atoms with Gasteiger partial charge in [0.1, 0.15) is 0 Å². The van der Waals surface area contributed by atoms with Crippen molar-refractivity contribution in [3.63, 3.8) is 0 Å². The number of aliphatic hydroxyl groups is 1. The molecule has 0 aromatic heterocycles. The largest absolute Gasteiger partial charge is 0.493 e. The van der Waals surface area contributed by atoms with Gasteiger partial charge in [-0.1, -0.05) is 5.92 Å². The Balaban J connectivity index is 0. The number of methoxy groups -OCH3 is 1. The van der Waals surface area contributed by atoms with Gasteiger partial charge in [-0.05, 0) is 74.9 Å². The molecule has 4 heteroatoms. The van der Waals surface area contributed by atoms with Crippen molar-refractivity contribution in [1.29, 1.82) is 0 Å². The zero-order valence-electron chi connectivity index (χ0n) is 12.8. The topological polar surface area (TPSA) is 38.7 Å². The second-order valence-electron chi connectivity index (χ2n) is 5.54. The Bertz CT molecular complexity index is 555. The molecule has 0 bridgehead atoms. The van der Waals surface area contributed by atoms with E-state index in [1.165, 1.54) is 0 Å². The molecule has 0 aliphatic carbocycles. The fourth-order valence-electron chi connectivity index (χ4n) is 1.75. The van der Waals surface area contributed by atoms with E-state index < -0.39 is 11.2 Å². The van der Waals surface area contributed by atoms with Crippen LogP contribution in [0.1, 0.15) is 43.0 Å². The van der Waals surface area contributed by atoms with E-state index in [1.807, 2.05) is 19.9 Å². The summed E-state index contributed by atoms with van der Waals surface area (Å²) in [6.07, 6.45) is 0. The Morgan fingerprint density at radius 3 is 2.30 bits per heavy atom. The number of ether oxygens (including phenoxy) is 2. The van der Waals surface area contributed by atoms with Gasteiger partial charge in [0, 0.05) is 2.85 Å². The summed E-state index contributed by atoms with van der Waals surface area (Å²) in [6.45, 7) is 9.08. The minimum atomic E-state index is -0.926. The van der Waals surface area contributed by atoms with Crippen LogP contribution in [0.5, 0.6) is 11.5 Å². The summed E-state index contributed by atoms with van der Waals surface area (Å²) in [5, 5.41) is 10.1. The molecular weight excluding hydrogens is 367 g/mol. The van der Waals surface area contributed by atoms with Gasteiger partial charge in [-0.25, -0.2) is 0 Å². The third-order valence-electron chi connectivity index (χ3n) is 2.72. The second kappa shape index (κ2) is 6.23. The maximum atomic E-state index is 10.1. The highest BCUT2D eigenvalue weighted by Crippen LogP contribution is 2.38. The first-order valence-corrected chi connectivity index (χ1v) is 7.42. The average Bonchev–Trinajstić information content (AvgIpc) is 2.29. The predicted molar refractivity (Wildman–Crippen MR) is 93.3 cm³/mol. The first-order valence-electron chi connectivity index (χ1n) is 6.34. The van der Waals surface area contributed by atoms with Gasteiger partial charge in [0.2, 0.25) is 0 Å². The molecule has 0 amide bonds. The Morgan fingerprint density at radius 1 is 1.25 bits per heavy atom. The Hall–Kier alpha value is -0.930. The molecule has 0 spiro atoms. The van der Waals surface area contributed by atoms with Gasteiger partial charge in [0.25, 0.3) is 0 Å². The van der Waals surface area contributed by atoms with Crippen LogP contribution in [0.4, 0.5) is 0 Å². The Kier molecular flexibility index (Phi) is 5.33. The minimum absolute atomic E-state index is 0. The molecule has 0 unspecified atom stereocenters. The summed E-state index contributed by atoms with van der Waals surface area (Å²) in [6, 6.07) is 3.70. The molecule has 0 aliphatic rings. The summed E-state index contributed by atoms with van der Waals surface area (Å²) in [7, 11) is 1.59. The Morgan fingerprint density at radius 2 is 1.85 bits per heavy atom. The second-order valence-corrected chi connectivity index (χ2v) is 6.70. The van der Waals surface area contributed by atoms with Gasteiger partial charge in [-0.3, -0.25) is 0 Å².